The van der Waals surface area contributed by atoms with Gasteiger partial charge >= 0.3 is 0 Å². The van der Waals surface area contributed by atoms with Crippen LogP contribution in [0.15, 0.2) is 24.3 Å². The Kier molecular flexibility index (Phi) is 1.96. The third kappa shape index (κ3) is 1.17. The molecule has 1 aliphatic carbocycles. The van der Waals surface area contributed by atoms with E-state index < -0.39 is 0 Å². The minimum absolute atomic E-state index is 0.172. The van der Waals surface area contributed by atoms with Gasteiger partial charge in [-0.25, -0.2) is 4.98 Å². The molecule has 1 heterocycles. The van der Waals surface area contributed by atoms with E-state index in [9.17, 15) is 9.59 Å². The molecule has 1 aromatic carbocycles. The highest BCUT2D eigenvalue weighted by atomic mass is 35.5. The van der Waals surface area contributed by atoms with Crippen LogP contribution in [-0.4, -0.2) is 16.6 Å². The van der Waals surface area contributed by atoms with Crippen molar-refractivity contribution in [1.82, 2.24) is 4.98 Å². The number of ketones is 2. The predicted molar refractivity (Wildman–Crippen MR) is 60.4 cm³/mol. The molecule has 1 aromatic heterocycles. The van der Waals surface area contributed by atoms with Crippen LogP contribution in [0.4, 0.5) is 0 Å². The van der Waals surface area contributed by atoms with E-state index >= 15 is 0 Å². The van der Waals surface area contributed by atoms with Crippen LogP contribution in [0.2, 0.25) is 4.47 Å². The van der Waals surface area contributed by atoms with E-state index in [0.29, 0.717) is 16.0 Å². The van der Waals surface area contributed by atoms with Crippen LogP contribution < -0.4 is 0 Å². The lowest BCUT2D eigenvalue weighted by Crippen LogP contribution is -2.19. The normalized spacial score (nSPS) is 13.6. The van der Waals surface area contributed by atoms with Gasteiger partial charge in [-0.1, -0.05) is 47.2 Å². The summed E-state index contributed by atoms with van der Waals surface area (Å²) in [6.07, 6.45) is 0. The maximum absolute atomic E-state index is 12.0. The van der Waals surface area contributed by atoms with Crippen molar-refractivity contribution in [3.8, 4) is 0 Å². The summed E-state index contributed by atoms with van der Waals surface area (Å²) < 4.78 is 0.222. The maximum Gasteiger partial charge on any atom is 0.213 e. The lowest BCUT2D eigenvalue weighted by atomic mass is 9.92. The molecule has 3 nitrogen and oxygen atoms in total. The first-order valence-corrected chi connectivity index (χ1v) is 5.72. The number of rotatable bonds is 0. The quantitative estimate of drug-likeness (QED) is 0.615. The molecule has 0 fully saturated rings. The summed E-state index contributed by atoms with van der Waals surface area (Å²) in [6.45, 7) is 0. The van der Waals surface area contributed by atoms with Crippen molar-refractivity contribution < 1.29 is 9.59 Å². The van der Waals surface area contributed by atoms with Crippen molar-refractivity contribution in [1.29, 1.82) is 0 Å². The minimum Gasteiger partial charge on any atom is -0.288 e. The van der Waals surface area contributed by atoms with Gasteiger partial charge in [-0.2, -0.15) is 0 Å². The van der Waals surface area contributed by atoms with Crippen LogP contribution in [0.25, 0.3) is 0 Å². The largest absolute Gasteiger partial charge is 0.288 e. The van der Waals surface area contributed by atoms with Crippen LogP contribution in [0.3, 0.4) is 0 Å². The fraction of sp³-hybridized carbons (Fsp3) is 0. The number of carbonyl (C=O) groups excluding carboxylic acids is 2. The first kappa shape index (κ1) is 9.69. The molecule has 0 bridgehead atoms. The lowest BCUT2D eigenvalue weighted by molar-refractivity contribution is 0.0979. The summed E-state index contributed by atoms with van der Waals surface area (Å²) in [7, 11) is 0. The minimum atomic E-state index is -0.228. The van der Waals surface area contributed by atoms with Crippen LogP contribution in [-0.2, 0) is 0 Å². The zero-order valence-corrected chi connectivity index (χ0v) is 9.43. The van der Waals surface area contributed by atoms with E-state index in [0.717, 1.165) is 11.3 Å². The fourth-order valence-corrected chi connectivity index (χ4v) is 2.79. The highest BCUT2D eigenvalue weighted by Crippen LogP contribution is 2.32. The second-order valence-corrected chi connectivity index (χ2v) is 4.93. The van der Waals surface area contributed by atoms with Crippen molar-refractivity contribution in [2.45, 2.75) is 0 Å². The molecule has 1 aliphatic rings. The van der Waals surface area contributed by atoms with Crippen molar-refractivity contribution in [3.05, 3.63) is 50.4 Å². The topological polar surface area (TPSA) is 47.0 Å². The van der Waals surface area contributed by atoms with Gasteiger partial charge in [-0.05, 0) is 0 Å². The van der Waals surface area contributed by atoms with Gasteiger partial charge in [0, 0.05) is 11.1 Å². The molecule has 0 atom stereocenters. The van der Waals surface area contributed by atoms with Crippen molar-refractivity contribution >= 4 is 34.5 Å². The number of hydrogen-bond donors (Lipinski definition) is 0. The smallest absolute Gasteiger partial charge is 0.213 e. The van der Waals surface area contributed by atoms with Gasteiger partial charge in [-0.3, -0.25) is 9.59 Å². The molecule has 5 heteroatoms. The van der Waals surface area contributed by atoms with E-state index in [2.05, 4.69) is 4.98 Å². The molecule has 3 rings (SSSR count). The molecule has 0 amide bonds. The molecular weight excluding hydrogens is 246 g/mol. The Morgan fingerprint density at radius 1 is 1.06 bits per heavy atom. The average molecular weight is 250 g/mol. The van der Waals surface area contributed by atoms with Gasteiger partial charge in [0.15, 0.2) is 4.47 Å². The molecule has 0 saturated carbocycles. The Balaban J connectivity index is 2.34. The standard InChI is InChI=1S/C11H4ClNO2S/c12-11-13-7-8(14)5-3-1-2-4-6(5)9(15)10(7)16-11/h1-4H. The number of thiazole rings is 1. The molecule has 78 valence electrons. The van der Waals surface area contributed by atoms with Gasteiger partial charge in [0.2, 0.25) is 11.6 Å². The Bertz CT molecular complexity index is 580. The monoisotopic (exact) mass is 249 g/mol. The number of halogens is 1. The molecule has 0 radical (unpaired) electrons. The van der Waals surface area contributed by atoms with Gasteiger partial charge in [-0.15, -0.1) is 0 Å². The van der Waals surface area contributed by atoms with Crippen molar-refractivity contribution in [2.75, 3.05) is 0 Å². The molecular formula is C11H4ClNO2S. The Hall–Kier alpha value is -1.52. The van der Waals surface area contributed by atoms with Gasteiger partial charge in [0.05, 0.1) is 0 Å². The number of carbonyl (C=O) groups is 2. The summed E-state index contributed by atoms with van der Waals surface area (Å²) in [5, 5.41) is 0. The molecule has 0 N–H and O–H groups in total. The molecule has 16 heavy (non-hydrogen) atoms. The first-order valence-electron chi connectivity index (χ1n) is 4.53. The zero-order chi connectivity index (χ0) is 11.3. The van der Waals surface area contributed by atoms with E-state index in [1.54, 1.807) is 24.3 Å². The van der Waals surface area contributed by atoms with Gasteiger partial charge in [0.1, 0.15) is 10.6 Å². The number of benzene rings is 1. The molecule has 0 saturated heterocycles. The highest BCUT2D eigenvalue weighted by Gasteiger charge is 2.32. The summed E-state index contributed by atoms with van der Waals surface area (Å²) in [5.74, 6) is -0.400. The van der Waals surface area contributed by atoms with Gasteiger partial charge < -0.3 is 0 Å². The lowest BCUT2D eigenvalue weighted by Gasteiger charge is -2.11. The Labute approximate surface area is 99.7 Å². The molecule has 2 aromatic rings. The van der Waals surface area contributed by atoms with Gasteiger partial charge in [0.25, 0.3) is 0 Å². The summed E-state index contributed by atoms with van der Waals surface area (Å²) >= 11 is 6.78. The predicted octanol–water partition coefficient (Wildman–Crippen LogP) is 2.57. The Morgan fingerprint density at radius 2 is 1.69 bits per heavy atom. The van der Waals surface area contributed by atoms with Crippen molar-refractivity contribution in [3.63, 3.8) is 0 Å². The van der Waals surface area contributed by atoms with Crippen LogP contribution in [0.5, 0.6) is 0 Å². The van der Waals surface area contributed by atoms with Crippen LogP contribution in [0, 0.1) is 0 Å². The number of fused-ring (bicyclic) bond motifs is 2. The second-order valence-electron chi connectivity index (χ2n) is 3.35. The van der Waals surface area contributed by atoms with E-state index in [-0.39, 0.29) is 21.7 Å². The summed E-state index contributed by atoms with van der Waals surface area (Å²) in [5.41, 5.74) is 1.01. The Morgan fingerprint density at radius 3 is 2.38 bits per heavy atom. The zero-order valence-electron chi connectivity index (χ0n) is 7.86. The van der Waals surface area contributed by atoms with Crippen molar-refractivity contribution in [2.24, 2.45) is 0 Å². The number of nitrogens with zero attached hydrogens (tertiary/aromatic N) is 1. The SMILES string of the molecule is O=C1c2ccccc2C(=O)c2sc(Cl)nc21. The summed E-state index contributed by atoms with van der Waals surface area (Å²) in [4.78, 5) is 28.3. The molecule has 0 unspecified atom stereocenters. The number of aromatic nitrogens is 1. The second kappa shape index (κ2) is 3.23. The average Bonchev–Trinajstić information content (AvgIpc) is 2.68. The van der Waals surface area contributed by atoms with E-state index in [4.69, 9.17) is 11.6 Å². The van der Waals surface area contributed by atoms with Crippen LogP contribution >= 0.6 is 22.9 Å². The van der Waals surface area contributed by atoms with E-state index in [1.165, 1.54) is 0 Å². The first-order chi connectivity index (χ1) is 7.68. The highest BCUT2D eigenvalue weighted by molar-refractivity contribution is 7.18. The third-order valence-electron chi connectivity index (χ3n) is 2.44. The fourth-order valence-electron chi connectivity index (χ4n) is 1.73. The van der Waals surface area contributed by atoms with E-state index in [1.807, 2.05) is 0 Å². The maximum atomic E-state index is 12.0. The molecule has 0 spiro atoms. The third-order valence-corrected chi connectivity index (χ3v) is 3.60. The summed E-state index contributed by atoms with van der Waals surface area (Å²) in [6, 6.07) is 6.73. The molecule has 0 aliphatic heterocycles. The van der Waals surface area contributed by atoms with Crippen LogP contribution in [0.1, 0.15) is 31.3 Å². The number of hydrogen-bond acceptors (Lipinski definition) is 4.